The number of hydrazine groups is 1. The fourth-order valence-electron chi connectivity index (χ4n) is 2.58. The van der Waals surface area contributed by atoms with Crippen LogP contribution in [0, 0.1) is 0 Å². The van der Waals surface area contributed by atoms with Crippen LogP contribution in [0.1, 0.15) is 51.9 Å². The summed E-state index contributed by atoms with van der Waals surface area (Å²) in [7, 11) is 0. The van der Waals surface area contributed by atoms with Crippen molar-refractivity contribution in [2.45, 2.75) is 70.1 Å². The van der Waals surface area contributed by atoms with Gasteiger partial charge in [0.1, 0.15) is 6.10 Å². The molecule has 0 saturated carbocycles. The second kappa shape index (κ2) is 9.66. The molecule has 0 aromatic heterocycles. The zero-order valence-corrected chi connectivity index (χ0v) is 12.1. The highest BCUT2D eigenvalue weighted by atomic mass is 16.3. The molecule has 0 aromatic rings. The topological polar surface area (TPSA) is 76.0 Å². The number of hydrogen-bond acceptors (Lipinski definition) is 5. The van der Waals surface area contributed by atoms with Gasteiger partial charge in [-0.1, -0.05) is 45.4 Å². The van der Waals surface area contributed by atoms with Crippen molar-refractivity contribution in [2.24, 2.45) is 0 Å². The highest BCUT2D eigenvalue weighted by Gasteiger charge is 2.35. The van der Waals surface area contributed by atoms with E-state index in [0.717, 1.165) is 13.0 Å². The highest BCUT2D eigenvalue weighted by molar-refractivity contribution is 4.87. The Labute approximate surface area is 116 Å². The van der Waals surface area contributed by atoms with E-state index in [1.807, 2.05) is 5.01 Å². The molecule has 0 radical (unpaired) electrons. The van der Waals surface area contributed by atoms with Gasteiger partial charge in [-0.15, -0.1) is 0 Å². The van der Waals surface area contributed by atoms with Gasteiger partial charge in [0, 0.05) is 13.1 Å². The van der Waals surface area contributed by atoms with E-state index >= 15 is 0 Å². The average molecular weight is 274 g/mol. The maximum atomic E-state index is 9.82. The first kappa shape index (κ1) is 16.9. The minimum Gasteiger partial charge on any atom is -0.395 e. The smallest absolute Gasteiger partial charge is 0.100 e. The quantitative estimate of drug-likeness (QED) is 0.464. The van der Waals surface area contributed by atoms with Gasteiger partial charge in [-0.2, -0.15) is 0 Å². The van der Waals surface area contributed by atoms with Crippen LogP contribution in [0.5, 0.6) is 0 Å². The lowest BCUT2D eigenvalue weighted by Gasteiger charge is -2.41. The van der Waals surface area contributed by atoms with Crippen molar-refractivity contribution >= 4 is 0 Å². The third-order valence-corrected chi connectivity index (χ3v) is 3.88. The minimum absolute atomic E-state index is 0.137. The van der Waals surface area contributed by atoms with Crippen molar-refractivity contribution < 1.29 is 15.3 Å². The van der Waals surface area contributed by atoms with Crippen molar-refractivity contribution in [2.75, 3.05) is 19.7 Å². The SMILES string of the molecule is CCCCCCCCCN1NC[C@@H](O)[C@@H](O)[C@H]1CO. The van der Waals surface area contributed by atoms with Gasteiger partial charge in [0.05, 0.1) is 18.8 Å². The van der Waals surface area contributed by atoms with Gasteiger partial charge in [-0.25, -0.2) is 5.01 Å². The van der Waals surface area contributed by atoms with Crippen LogP contribution in [-0.2, 0) is 0 Å². The molecule has 1 aliphatic rings. The number of aliphatic hydroxyl groups is 3. The molecule has 0 aromatic carbocycles. The maximum Gasteiger partial charge on any atom is 0.100 e. The van der Waals surface area contributed by atoms with Gasteiger partial charge < -0.3 is 15.3 Å². The Morgan fingerprint density at radius 2 is 1.68 bits per heavy atom. The molecule has 1 rings (SSSR count). The molecule has 0 amide bonds. The third-order valence-electron chi connectivity index (χ3n) is 3.88. The molecular weight excluding hydrogens is 244 g/mol. The van der Waals surface area contributed by atoms with Crippen molar-refractivity contribution in [3.05, 3.63) is 0 Å². The second-order valence-electron chi connectivity index (χ2n) is 5.48. The normalized spacial score (nSPS) is 28.7. The fraction of sp³-hybridized carbons (Fsp3) is 1.00. The van der Waals surface area contributed by atoms with Crippen LogP contribution >= 0.6 is 0 Å². The number of unbranched alkanes of at least 4 members (excludes halogenated alkanes) is 6. The predicted molar refractivity (Wildman–Crippen MR) is 75.6 cm³/mol. The molecule has 1 aliphatic heterocycles. The second-order valence-corrected chi connectivity index (χ2v) is 5.48. The zero-order valence-electron chi connectivity index (χ0n) is 12.1. The number of nitrogens with zero attached hydrogens (tertiary/aromatic N) is 1. The van der Waals surface area contributed by atoms with Crippen molar-refractivity contribution in [1.29, 1.82) is 0 Å². The number of β-amino-alcohol motifs (C(OH)–C–C–N with tert-alkyl or cyclic N) is 1. The van der Waals surface area contributed by atoms with Gasteiger partial charge >= 0.3 is 0 Å². The standard InChI is InChI=1S/C14H30N2O3/c1-2-3-4-5-6-7-8-9-16-12(11-17)14(19)13(18)10-15-16/h12-15,17-19H,2-11H2,1H3/t12-,13-,14+/m1/s1. The third kappa shape index (κ3) is 5.75. The van der Waals surface area contributed by atoms with Crippen LogP contribution in [0.15, 0.2) is 0 Å². The molecule has 5 heteroatoms. The van der Waals surface area contributed by atoms with Crippen LogP contribution in [0.3, 0.4) is 0 Å². The Bertz CT molecular complexity index is 229. The van der Waals surface area contributed by atoms with E-state index in [1.54, 1.807) is 0 Å². The minimum atomic E-state index is -0.865. The Hall–Kier alpha value is -0.200. The summed E-state index contributed by atoms with van der Waals surface area (Å²) in [5.41, 5.74) is 3.07. The molecular formula is C14H30N2O3. The van der Waals surface area contributed by atoms with E-state index in [1.165, 1.54) is 38.5 Å². The summed E-state index contributed by atoms with van der Waals surface area (Å²) < 4.78 is 0. The molecule has 1 fully saturated rings. The molecule has 3 atom stereocenters. The van der Waals surface area contributed by atoms with Gasteiger partial charge in [0.2, 0.25) is 0 Å². The van der Waals surface area contributed by atoms with Crippen LogP contribution in [0.2, 0.25) is 0 Å². The molecule has 4 N–H and O–H groups in total. The molecule has 0 spiro atoms. The number of hydrogen-bond donors (Lipinski definition) is 4. The zero-order chi connectivity index (χ0) is 14.1. The van der Waals surface area contributed by atoms with Crippen LogP contribution in [-0.4, -0.2) is 58.3 Å². The number of rotatable bonds is 9. The predicted octanol–water partition coefficient (Wildman–Crippen LogP) is 0.640. The van der Waals surface area contributed by atoms with Crippen LogP contribution in [0.4, 0.5) is 0 Å². The molecule has 114 valence electrons. The summed E-state index contributed by atoms with van der Waals surface area (Å²) >= 11 is 0. The highest BCUT2D eigenvalue weighted by Crippen LogP contribution is 2.13. The van der Waals surface area contributed by atoms with E-state index < -0.39 is 18.2 Å². The first-order chi connectivity index (χ1) is 9.20. The molecule has 5 nitrogen and oxygen atoms in total. The Kier molecular flexibility index (Phi) is 8.57. The van der Waals surface area contributed by atoms with E-state index in [2.05, 4.69) is 12.3 Å². The monoisotopic (exact) mass is 274 g/mol. The summed E-state index contributed by atoms with van der Waals surface area (Å²) in [5.74, 6) is 0. The van der Waals surface area contributed by atoms with Crippen molar-refractivity contribution in [1.82, 2.24) is 10.4 Å². The summed E-state index contributed by atoms with van der Waals surface area (Å²) in [6.45, 7) is 3.25. The lowest BCUT2D eigenvalue weighted by Crippen LogP contribution is -2.64. The average Bonchev–Trinajstić information content (AvgIpc) is 2.42. The lowest BCUT2D eigenvalue weighted by atomic mass is 10.0. The largest absolute Gasteiger partial charge is 0.395 e. The van der Waals surface area contributed by atoms with Crippen molar-refractivity contribution in [3.63, 3.8) is 0 Å². The first-order valence-corrected chi connectivity index (χ1v) is 7.67. The fourth-order valence-corrected chi connectivity index (χ4v) is 2.58. The Morgan fingerprint density at radius 3 is 2.32 bits per heavy atom. The van der Waals surface area contributed by atoms with E-state index in [-0.39, 0.29) is 6.61 Å². The van der Waals surface area contributed by atoms with E-state index in [9.17, 15) is 15.3 Å². The summed E-state index contributed by atoms with van der Waals surface area (Å²) in [6, 6.07) is -0.399. The van der Waals surface area contributed by atoms with E-state index in [4.69, 9.17) is 0 Å². The van der Waals surface area contributed by atoms with Gasteiger partial charge in [0.25, 0.3) is 0 Å². The number of aliphatic hydroxyl groups excluding tert-OH is 3. The van der Waals surface area contributed by atoms with Gasteiger partial charge in [-0.05, 0) is 6.42 Å². The van der Waals surface area contributed by atoms with Gasteiger partial charge in [0.15, 0.2) is 0 Å². The Balaban J connectivity index is 2.14. The molecule has 19 heavy (non-hydrogen) atoms. The molecule has 0 bridgehead atoms. The number of nitrogens with one attached hydrogen (secondary N) is 1. The van der Waals surface area contributed by atoms with Crippen LogP contribution in [0.25, 0.3) is 0 Å². The summed E-state index contributed by atoms with van der Waals surface area (Å²) in [4.78, 5) is 0. The summed E-state index contributed by atoms with van der Waals surface area (Å²) in [5, 5.41) is 30.5. The lowest BCUT2D eigenvalue weighted by molar-refractivity contribution is -0.108. The maximum absolute atomic E-state index is 9.82. The molecule has 0 unspecified atom stereocenters. The molecule has 0 aliphatic carbocycles. The molecule has 1 heterocycles. The first-order valence-electron chi connectivity index (χ1n) is 7.67. The molecule has 1 saturated heterocycles. The van der Waals surface area contributed by atoms with E-state index in [0.29, 0.717) is 6.54 Å². The van der Waals surface area contributed by atoms with Gasteiger partial charge in [-0.3, -0.25) is 5.43 Å². The van der Waals surface area contributed by atoms with Crippen molar-refractivity contribution in [3.8, 4) is 0 Å². The Morgan fingerprint density at radius 1 is 1.05 bits per heavy atom. The van der Waals surface area contributed by atoms with Crippen LogP contribution < -0.4 is 5.43 Å². The summed E-state index contributed by atoms with van der Waals surface area (Å²) in [6.07, 6.45) is 7.05.